The van der Waals surface area contributed by atoms with E-state index in [4.69, 9.17) is 4.74 Å². The van der Waals surface area contributed by atoms with Crippen molar-refractivity contribution in [1.82, 2.24) is 0 Å². The van der Waals surface area contributed by atoms with Crippen LogP contribution in [0.15, 0.2) is 30.3 Å². The van der Waals surface area contributed by atoms with Gasteiger partial charge in [0.1, 0.15) is 0 Å². The van der Waals surface area contributed by atoms with E-state index in [1.807, 2.05) is 0 Å². The minimum atomic E-state index is 0.251. The lowest BCUT2D eigenvalue weighted by Gasteiger charge is -2.25. The summed E-state index contributed by atoms with van der Waals surface area (Å²) in [5, 5.41) is 0. The molecule has 0 aliphatic rings. The van der Waals surface area contributed by atoms with Crippen LogP contribution in [0.5, 0.6) is 0 Å². The van der Waals surface area contributed by atoms with Gasteiger partial charge in [-0.05, 0) is 36.2 Å². The van der Waals surface area contributed by atoms with Gasteiger partial charge in [-0.3, -0.25) is 0 Å². The molecular formula is C21H36O. The van der Waals surface area contributed by atoms with E-state index in [9.17, 15) is 0 Å². The predicted molar refractivity (Wildman–Crippen MR) is 97.4 cm³/mol. The maximum absolute atomic E-state index is 5.79. The Hall–Kier alpha value is -0.820. The van der Waals surface area contributed by atoms with Crippen molar-refractivity contribution in [3.8, 4) is 0 Å². The summed E-state index contributed by atoms with van der Waals surface area (Å²) >= 11 is 0. The molecule has 0 heterocycles. The van der Waals surface area contributed by atoms with E-state index in [1.54, 1.807) is 0 Å². The van der Waals surface area contributed by atoms with Crippen LogP contribution in [0.1, 0.15) is 78.2 Å². The molecule has 1 heteroatoms. The third-order valence-corrected chi connectivity index (χ3v) is 4.47. The van der Waals surface area contributed by atoms with E-state index < -0.39 is 0 Å². The van der Waals surface area contributed by atoms with Gasteiger partial charge in [-0.25, -0.2) is 0 Å². The molecule has 0 N–H and O–H groups in total. The Morgan fingerprint density at radius 2 is 1.50 bits per heavy atom. The van der Waals surface area contributed by atoms with Gasteiger partial charge in [0.15, 0.2) is 0 Å². The Morgan fingerprint density at radius 1 is 0.864 bits per heavy atom. The molecule has 0 saturated carbocycles. The summed E-state index contributed by atoms with van der Waals surface area (Å²) < 4.78 is 5.79. The first-order chi connectivity index (χ1) is 10.5. The average Bonchev–Trinajstić information content (AvgIpc) is 2.49. The number of rotatable bonds is 12. The van der Waals surface area contributed by atoms with Crippen LogP contribution in [0.4, 0.5) is 0 Å². The second-order valence-corrected chi connectivity index (χ2v) is 7.56. The van der Waals surface area contributed by atoms with Gasteiger partial charge in [-0.15, -0.1) is 0 Å². The van der Waals surface area contributed by atoms with Gasteiger partial charge < -0.3 is 4.74 Å². The summed E-state index contributed by atoms with van der Waals surface area (Å²) in [5.74, 6) is 0.851. The molecule has 0 aromatic heterocycles. The van der Waals surface area contributed by atoms with Crippen molar-refractivity contribution >= 4 is 0 Å². The molecule has 1 rings (SSSR count). The summed E-state index contributed by atoms with van der Waals surface area (Å²) in [5.41, 5.74) is 1.68. The molecule has 0 unspecified atom stereocenters. The van der Waals surface area contributed by atoms with Crippen LogP contribution >= 0.6 is 0 Å². The second-order valence-electron chi connectivity index (χ2n) is 7.56. The third-order valence-electron chi connectivity index (χ3n) is 4.47. The zero-order valence-corrected chi connectivity index (χ0v) is 15.2. The number of benzene rings is 1. The molecule has 0 amide bonds. The zero-order chi connectivity index (χ0) is 16.3. The van der Waals surface area contributed by atoms with Crippen LogP contribution in [-0.2, 0) is 10.2 Å². The van der Waals surface area contributed by atoms with Gasteiger partial charge in [0.25, 0.3) is 0 Å². The fourth-order valence-electron chi connectivity index (χ4n) is 2.86. The molecule has 0 aliphatic heterocycles. The lowest BCUT2D eigenvalue weighted by molar-refractivity contribution is 0.122. The molecular weight excluding hydrogens is 268 g/mol. The summed E-state index contributed by atoms with van der Waals surface area (Å²) in [4.78, 5) is 0. The fourth-order valence-corrected chi connectivity index (χ4v) is 2.86. The first-order valence-corrected chi connectivity index (χ1v) is 9.15. The standard InChI is InChI=1S/C21H36O/c1-19(2)13-8-5-6-11-17-22-18-12-16-21(3,4)20-14-9-7-10-15-20/h7,9-10,14-15,19H,5-6,8,11-13,16-18H2,1-4H3. The van der Waals surface area contributed by atoms with E-state index in [0.29, 0.717) is 0 Å². The molecule has 1 nitrogen and oxygen atoms in total. The quantitative estimate of drug-likeness (QED) is 0.408. The van der Waals surface area contributed by atoms with Crippen molar-refractivity contribution in [3.05, 3.63) is 35.9 Å². The van der Waals surface area contributed by atoms with E-state index in [-0.39, 0.29) is 5.41 Å². The molecule has 0 spiro atoms. The summed E-state index contributed by atoms with van der Waals surface area (Å²) in [6, 6.07) is 10.8. The van der Waals surface area contributed by atoms with Crippen LogP contribution in [-0.4, -0.2) is 13.2 Å². The van der Waals surface area contributed by atoms with Gasteiger partial charge >= 0.3 is 0 Å². The Morgan fingerprint density at radius 3 is 2.18 bits per heavy atom. The summed E-state index contributed by atoms with van der Waals surface area (Å²) in [6.07, 6.45) is 8.99. The molecule has 126 valence electrons. The molecule has 0 aliphatic carbocycles. The van der Waals surface area contributed by atoms with Gasteiger partial charge in [-0.2, -0.15) is 0 Å². The van der Waals surface area contributed by atoms with Crippen molar-refractivity contribution in [2.75, 3.05) is 13.2 Å². The third kappa shape index (κ3) is 8.58. The molecule has 0 saturated heterocycles. The molecule has 0 bridgehead atoms. The van der Waals surface area contributed by atoms with Crippen LogP contribution < -0.4 is 0 Å². The maximum atomic E-state index is 5.79. The molecule has 0 radical (unpaired) electrons. The maximum Gasteiger partial charge on any atom is 0.0466 e. The summed E-state index contributed by atoms with van der Waals surface area (Å²) in [6.45, 7) is 11.1. The van der Waals surface area contributed by atoms with E-state index in [0.717, 1.165) is 25.6 Å². The monoisotopic (exact) mass is 304 g/mol. The number of ether oxygens (including phenoxy) is 1. The molecule has 0 fully saturated rings. The van der Waals surface area contributed by atoms with Crippen LogP contribution in [0, 0.1) is 5.92 Å². The first kappa shape index (κ1) is 19.2. The smallest absolute Gasteiger partial charge is 0.0466 e. The zero-order valence-electron chi connectivity index (χ0n) is 15.2. The number of unbranched alkanes of at least 4 members (excludes halogenated alkanes) is 3. The Balaban J connectivity index is 1.99. The SMILES string of the molecule is CC(C)CCCCCCOCCCC(C)(C)c1ccccc1. The van der Waals surface area contributed by atoms with Crippen LogP contribution in [0.2, 0.25) is 0 Å². The Labute approximate surface area is 138 Å². The van der Waals surface area contributed by atoms with E-state index in [1.165, 1.54) is 44.1 Å². The van der Waals surface area contributed by atoms with E-state index >= 15 is 0 Å². The molecule has 0 atom stereocenters. The van der Waals surface area contributed by atoms with Gasteiger partial charge in [0.05, 0.1) is 0 Å². The lowest BCUT2D eigenvalue weighted by Crippen LogP contribution is -2.17. The van der Waals surface area contributed by atoms with Crippen LogP contribution in [0.3, 0.4) is 0 Å². The van der Waals surface area contributed by atoms with Gasteiger partial charge in [0.2, 0.25) is 0 Å². The average molecular weight is 305 g/mol. The van der Waals surface area contributed by atoms with Crippen molar-refractivity contribution < 1.29 is 4.74 Å². The van der Waals surface area contributed by atoms with Gasteiger partial charge in [0, 0.05) is 13.2 Å². The van der Waals surface area contributed by atoms with E-state index in [2.05, 4.69) is 58.0 Å². The van der Waals surface area contributed by atoms with Crippen molar-refractivity contribution in [2.24, 2.45) is 5.92 Å². The Bertz CT molecular complexity index is 367. The minimum Gasteiger partial charge on any atom is -0.381 e. The highest BCUT2D eigenvalue weighted by Crippen LogP contribution is 2.27. The molecule has 1 aromatic carbocycles. The summed E-state index contributed by atoms with van der Waals surface area (Å²) in [7, 11) is 0. The van der Waals surface area contributed by atoms with Gasteiger partial charge in [-0.1, -0.05) is 83.7 Å². The van der Waals surface area contributed by atoms with Crippen molar-refractivity contribution in [3.63, 3.8) is 0 Å². The minimum absolute atomic E-state index is 0.251. The Kier molecular flexibility index (Phi) is 9.47. The second kappa shape index (κ2) is 10.8. The highest BCUT2D eigenvalue weighted by Gasteiger charge is 2.19. The highest BCUT2D eigenvalue weighted by atomic mass is 16.5. The largest absolute Gasteiger partial charge is 0.381 e. The molecule has 22 heavy (non-hydrogen) atoms. The normalized spacial score (nSPS) is 12.0. The number of hydrogen-bond donors (Lipinski definition) is 0. The van der Waals surface area contributed by atoms with Crippen molar-refractivity contribution in [1.29, 1.82) is 0 Å². The highest BCUT2D eigenvalue weighted by molar-refractivity contribution is 5.23. The number of hydrogen-bond acceptors (Lipinski definition) is 1. The predicted octanol–water partition coefficient (Wildman–Crippen LogP) is 6.37. The lowest BCUT2D eigenvalue weighted by atomic mass is 9.81. The fraction of sp³-hybridized carbons (Fsp3) is 0.714. The first-order valence-electron chi connectivity index (χ1n) is 9.15. The van der Waals surface area contributed by atoms with Crippen LogP contribution in [0.25, 0.3) is 0 Å². The topological polar surface area (TPSA) is 9.23 Å². The van der Waals surface area contributed by atoms with Crippen molar-refractivity contribution in [2.45, 2.75) is 78.1 Å². The molecule has 1 aromatic rings.